The predicted octanol–water partition coefficient (Wildman–Crippen LogP) is 3.05. The van der Waals surface area contributed by atoms with Crippen LogP contribution in [0.25, 0.3) is 0 Å². The monoisotopic (exact) mass is 238 g/mol. The van der Waals surface area contributed by atoms with E-state index in [4.69, 9.17) is 12.2 Å². The van der Waals surface area contributed by atoms with Gasteiger partial charge in [0.05, 0.1) is 0 Å². The molecule has 2 rings (SSSR count). The Labute approximate surface area is 101 Å². The highest BCUT2D eigenvalue weighted by Gasteiger charge is 2.20. The van der Waals surface area contributed by atoms with Crippen LogP contribution in [0.15, 0.2) is 17.1 Å². The number of aromatic nitrogens is 2. The van der Waals surface area contributed by atoms with E-state index >= 15 is 0 Å². The van der Waals surface area contributed by atoms with Crippen molar-refractivity contribution in [2.24, 2.45) is 5.92 Å². The second kappa shape index (κ2) is 4.95. The third-order valence-electron chi connectivity index (χ3n) is 3.64. The first kappa shape index (κ1) is 11.6. The van der Waals surface area contributed by atoms with Crippen LogP contribution in [-0.2, 0) is 0 Å². The minimum atomic E-state index is -0.108. The lowest BCUT2D eigenvalue weighted by molar-refractivity contribution is 0.266. The van der Waals surface area contributed by atoms with Crippen LogP contribution in [0, 0.1) is 10.7 Å². The van der Waals surface area contributed by atoms with Crippen LogP contribution in [0.3, 0.4) is 0 Å². The fraction of sp³-hybridized carbons (Fsp3) is 0.667. The van der Waals surface area contributed by atoms with Gasteiger partial charge in [-0.15, -0.1) is 0 Å². The van der Waals surface area contributed by atoms with Crippen LogP contribution in [-0.4, -0.2) is 9.55 Å². The molecule has 0 aliphatic heterocycles. The van der Waals surface area contributed by atoms with Gasteiger partial charge in [-0.3, -0.25) is 9.78 Å². The Hall–Kier alpha value is -0.900. The number of hydrogen-bond donors (Lipinski definition) is 1. The second-order valence-corrected chi connectivity index (χ2v) is 4.99. The summed E-state index contributed by atoms with van der Waals surface area (Å²) in [4.78, 5) is 13.8. The molecule has 1 fully saturated rings. The zero-order valence-corrected chi connectivity index (χ0v) is 10.4. The molecule has 1 N–H and O–H groups in total. The predicted molar refractivity (Wildman–Crippen MR) is 67.2 cm³/mol. The average Bonchev–Trinajstić information content (AvgIpc) is 2.29. The SMILES string of the molecule is CCC1CCC(n2ccc(=O)[nH]c2=S)CC1. The molecule has 0 unspecified atom stereocenters. The summed E-state index contributed by atoms with van der Waals surface area (Å²) in [5.41, 5.74) is -0.108. The zero-order chi connectivity index (χ0) is 11.5. The van der Waals surface area contributed by atoms with Gasteiger partial charge < -0.3 is 4.57 Å². The molecule has 0 bridgehead atoms. The van der Waals surface area contributed by atoms with Gasteiger partial charge in [0.2, 0.25) is 0 Å². The smallest absolute Gasteiger partial charge is 0.251 e. The van der Waals surface area contributed by atoms with Crippen LogP contribution >= 0.6 is 12.2 Å². The molecule has 1 aliphatic carbocycles. The zero-order valence-electron chi connectivity index (χ0n) is 9.61. The molecule has 88 valence electrons. The summed E-state index contributed by atoms with van der Waals surface area (Å²) in [5.74, 6) is 0.883. The van der Waals surface area contributed by atoms with Gasteiger partial charge in [0.15, 0.2) is 4.77 Å². The van der Waals surface area contributed by atoms with Crippen molar-refractivity contribution in [3.8, 4) is 0 Å². The normalized spacial score (nSPS) is 25.6. The minimum Gasteiger partial charge on any atom is -0.322 e. The van der Waals surface area contributed by atoms with Crippen molar-refractivity contribution in [1.82, 2.24) is 9.55 Å². The fourth-order valence-electron chi connectivity index (χ4n) is 2.55. The molecular formula is C12H18N2OS. The van der Waals surface area contributed by atoms with E-state index in [0.717, 1.165) is 5.92 Å². The fourth-order valence-corrected chi connectivity index (χ4v) is 2.86. The van der Waals surface area contributed by atoms with E-state index in [9.17, 15) is 4.79 Å². The molecule has 0 saturated heterocycles. The summed E-state index contributed by atoms with van der Waals surface area (Å²) in [7, 11) is 0. The van der Waals surface area contributed by atoms with Gasteiger partial charge in [-0.25, -0.2) is 0 Å². The number of rotatable bonds is 2. The standard InChI is InChI=1S/C12H18N2OS/c1-2-9-3-5-10(6-4-9)14-8-7-11(15)13-12(14)16/h7-10H,2-6H2,1H3,(H,13,15,16). The highest BCUT2D eigenvalue weighted by Crippen LogP contribution is 2.33. The van der Waals surface area contributed by atoms with E-state index in [0.29, 0.717) is 10.8 Å². The van der Waals surface area contributed by atoms with Gasteiger partial charge in [-0.05, 0) is 43.8 Å². The van der Waals surface area contributed by atoms with E-state index in [2.05, 4.69) is 11.9 Å². The van der Waals surface area contributed by atoms with Crippen LogP contribution in [0.2, 0.25) is 0 Å². The Morgan fingerprint density at radius 3 is 2.69 bits per heavy atom. The van der Waals surface area contributed by atoms with Gasteiger partial charge in [-0.1, -0.05) is 13.3 Å². The molecule has 1 aromatic heterocycles. The first-order valence-corrected chi connectivity index (χ1v) is 6.43. The molecule has 0 radical (unpaired) electrons. The quantitative estimate of drug-likeness (QED) is 0.804. The molecule has 0 atom stereocenters. The third-order valence-corrected chi connectivity index (χ3v) is 3.95. The molecule has 0 aromatic carbocycles. The Morgan fingerprint density at radius 2 is 2.12 bits per heavy atom. The number of hydrogen-bond acceptors (Lipinski definition) is 2. The summed E-state index contributed by atoms with van der Waals surface area (Å²) >= 11 is 5.19. The summed E-state index contributed by atoms with van der Waals surface area (Å²) in [6, 6.07) is 2.04. The Kier molecular flexibility index (Phi) is 3.59. The maximum atomic E-state index is 11.1. The minimum absolute atomic E-state index is 0.108. The van der Waals surface area contributed by atoms with Crippen LogP contribution in [0.1, 0.15) is 45.1 Å². The van der Waals surface area contributed by atoms with Crippen LogP contribution in [0.5, 0.6) is 0 Å². The lowest BCUT2D eigenvalue weighted by Crippen LogP contribution is -2.21. The number of aromatic amines is 1. The van der Waals surface area contributed by atoms with Gasteiger partial charge in [0, 0.05) is 18.3 Å². The molecule has 1 saturated carbocycles. The molecule has 16 heavy (non-hydrogen) atoms. The summed E-state index contributed by atoms with van der Waals surface area (Å²) < 4.78 is 2.61. The topological polar surface area (TPSA) is 37.8 Å². The molecule has 4 heteroatoms. The Morgan fingerprint density at radius 1 is 1.44 bits per heavy atom. The van der Waals surface area contributed by atoms with E-state index in [1.807, 2.05) is 10.8 Å². The van der Waals surface area contributed by atoms with Crippen molar-refractivity contribution in [2.45, 2.75) is 45.1 Å². The van der Waals surface area contributed by atoms with Crippen molar-refractivity contribution in [1.29, 1.82) is 0 Å². The van der Waals surface area contributed by atoms with Crippen LogP contribution < -0.4 is 5.56 Å². The van der Waals surface area contributed by atoms with Gasteiger partial charge >= 0.3 is 0 Å². The van der Waals surface area contributed by atoms with E-state index in [1.165, 1.54) is 32.1 Å². The molecule has 1 aliphatic rings. The maximum absolute atomic E-state index is 11.1. The van der Waals surface area contributed by atoms with Gasteiger partial charge in [-0.2, -0.15) is 0 Å². The first-order chi connectivity index (χ1) is 7.70. The second-order valence-electron chi connectivity index (χ2n) is 4.60. The Balaban J connectivity index is 2.14. The first-order valence-electron chi connectivity index (χ1n) is 6.02. The highest BCUT2D eigenvalue weighted by molar-refractivity contribution is 7.71. The average molecular weight is 238 g/mol. The van der Waals surface area contributed by atoms with E-state index in [1.54, 1.807) is 6.07 Å². The summed E-state index contributed by atoms with van der Waals surface area (Å²) in [6.45, 7) is 2.26. The lowest BCUT2D eigenvalue weighted by atomic mass is 9.84. The summed E-state index contributed by atoms with van der Waals surface area (Å²) in [5, 5.41) is 0. The molecular weight excluding hydrogens is 220 g/mol. The van der Waals surface area contributed by atoms with Crippen molar-refractivity contribution >= 4 is 12.2 Å². The van der Waals surface area contributed by atoms with E-state index in [-0.39, 0.29) is 5.56 Å². The molecule has 1 aromatic rings. The molecule has 1 heterocycles. The van der Waals surface area contributed by atoms with Gasteiger partial charge in [0.25, 0.3) is 5.56 Å². The van der Waals surface area contributed by atoms with Gasteiger partial charge in [0.1, 0.15) is 0 Å². The molecule has 3 nitrogen and oxygen atoms in total. The van der Waals surface area contributed by atoms with Crippen molar-refractivity contribution < 1.29 is 0 Å². The number of H-pyrrole nitrogens is 1. The number of nitrogens with one attached hydrogen (secondary N) is 1. The maximum Gasteiger partial charge on any atom is 0.251 e. The third kappa shape index (κ3) is 2.43. The number of nitrogens with zero attached hydrogens (tertiary/aromatic N) is 1. The lowest BCUT2D eigenvalue weighted by Gasteiger charge is -2.29. The van der Waals surface area contributed by atoms with E-state index < -0.39 is 0 Å². The largest absolute Gasteiger partial charge is 0.322 e. The highest BCUT2D eigenvalue weighted by atomic mass is 32.1. The van der Waals surface area contributed by atoms with Crippen LogP contribution in [0.4, 0.5) is 0 Å². The molecule has 0 spiro atoms. The summed E-state index contributed by atoms with van der Waals surface area (Å²) in [6.07, 6.45) is 8.03. The molecule has 0 amide bonds. The Bertz CT molecular complexity index is 455. The van der Waals surface area contributed by atoms with Crippen molar-refractivity contribution in [2.75, 3.05) is 0 Å². The van der Waals surface area contributed by atoms with Crippen molar-refractivity contribution in [3.05, 3.63) is 27.4 Å². The van der Waals surface area contributed by atoms with Crippen molar-refractivity contribution in [3.63, 3.8) is 0 Å².